The molecule has 17 heavy (non-hydrogen) atoms. The van der Waals surface area contributed by atoms with Crippen LogP contribution < -0.4 is 4.90 Å². The van der Waals surface area contributed by atoms with Gasteiger partial charge >= 0.3 is 0 Å². The molecule has 1 fully saturated rings. The van der Waals surface area contributed by atoms with Gasteiger partial charge in [-0.3, -0.25) is 14.5 Å². The van der Waals surface area contributed by atoms with Crippen molar-refractivity contribution in [3.05, 3.63) is 23.2 Å². The highest BCUT2D eigenvalue weighted by Gasteiger charge is 2.31. The lowest BCUT2D eigenvalue weighted by molar-refractivity contribution is -0.130. The molecule has 0 spiro atoms. The summed E-state index contributed by atoms with van der Waals surface area (Å²) in [5, 5.41) is 9.42. The molecular weight excluding hydrogens is 242 g/mol. The molecule has 1 heterocycles. The van der Waals surface area contributed by atoms with Crippen molar-refractivity contribution in [3.8, 4) is 5.75 Å². The van der Waals surface area contributed by atoms with Gasteiger partial charge in [0.15, 0.2) is 0 Å². The van der Waals surface area contributed by atoms with E-state index in [0.29, 0.717) is 18.5 Å². The molecule has 0 aromatic heterocycles. The van der Waals surface area contributed by atoms with Crippen LogP contribution in [-0.4, -0.2) is 16.9 Å². The lowest BCUT2D eigenvalue weighted by atomic mass is 9.97. The Morgan fingerprint density at radius 1 is 1.29 bits per heavy atom. The van der Waals surface area contributed by atoms with Gasteiger partial charge < -0.3 is 5.11 Å². The van der Waals surface area contributed by atoms with E-state index in [0.717, 1.165) is 4.90 Å². The SMILES string of the molecule is CC1CC(=O)N(c2ccc(O)c(Cl)c2)C(=O)C1. The van der Waals surface area contributed by atoms with E-state index in [1.54, 1.807) is 0 Å². The standard InChI is InChI=1S/C12H12ClNO3/c1-7-4-11(16)14(12(17)5-7)8-2-3-10(15)9(13)6-8/h2-3,6-7,15H,4-5H2,1H3. The summed E-state index contributed by atoms with van der Waals surface area (Å²) in [6.07, 6.45) is 0.703. The number of imide groups is 1. The molecule has 0 saturated carbocycles. The first-order valence-electron chi connectivity index (χ1n) is 5.33. The molecule has 2 amide bonds. The van der Waals surface area contributed by atoms with Gasteiger partial charge in [-0.2, -0.15) is 0 Å². The second kappa shape index (κ2) is 4.37. The largest absolute Gasteiger partial charge is 0.506 e. The minimum absolute atomic E-state index is 0.0688. The molecule has 5 heteroatoms. The monoisotopic (exact) mass is 253 g/mol. The van der Waals surface area contributed by atoms with Crippen LogP contribution >= 0.6 is 11.6 Å². The molecule has 1 aliphatic heterocycles. The van der Waals surface area contributed by atoms with Gasteiger partial charge in [-0.05, 0) is 24.1 Å². The van der Waals surface area contributed by atoms with Crippen molar-refractivity contribution in [2.24, 2.45) is 5.92 Å². The number of amides is 2. The second-order valence-corrected chi connectivity index (χ2v) is 4.68. The Morgan fingerprint density at radius 3 is 2.41 bits per heavy atom. The van der Waals surface area contributed by atoms with E-state index in [1.807, 2.05) is 6.92 Å². The van der Waals surface area contributed by atoms with Gasteiger partial charge in [0.1, 0.15) is 5.75 Å². The summed E-state index contributed by atoms with van der Waals surface area (Å²) < 4.78 is 0. The number of piperidine rings is 1. The van der Waals surface area contributed by atoms with Crippen molar-refractivity contribution >= 4 is 29.1 Å². The first-order valence-corrected chi connectivity index (χ1v) is 5.71. The van der Waals surface area contributed by atoms with E-state index >= 15 is 0 Å². The van der Waals surface area contributed by atoms with E-state index in [1.165, 1.54) is 18.2 Å². The van der Waals surface area contributed by atoms with Crippen LogP contribution in [0.4, 0.5) is 5.69 Å². The fourth-order valence-corrected chi connectivity index (χ4v) is 2.09. The molecule has 90 valence electrons. The highest BCUT2D eigenvalue weighted by Crippen LogP contribution is 2.31. The minimum atomic E-state index is -0.226. The molecule has 1 aliphatic rings. The van der Waals surface area contributed by atoms with Crippen LogP contribution in [0.2, 0.25) is 5.02 Å². The Hall–Kier alpha value is -1.55. The van der Waals surface area contributed by atoms with Crippen LogP contribution in [0.25, 0.3) is 0 Å². The minimum Gasteiger partial charge on any atom is -0.506 e. The van der Waals surface area contributed by atoms with Gasteiger partial charge in [-0.25, -0.2) is 0 Å². The number of carbonyl (C=O) groups is 2. The summed E-state index contributed by atoms with van der Waals surface area (Å²) in [6.45, 7) is 1.87. The van der Waals surface area contributed by atoms with Gasteiger partial charge in [0.2, 0.25) is 11.8 Å². The summed E-state index contributed by atoms with van der Waals surface area (Å²) in [5.41, 5.74) is 0.412. The van der Waals surface area contributed by atoms with Crippen LogP contribution in [0.5, 0.6) is 5.75 Å². The van der Waals surface area contributed by atoms with E-state index in [9.17, 15) is 14.7 Å². The van der Waals surface area contributed by atoms with Crippen molar-refractivity contribution in [3.63, 3.8) is 0 Å². The topological polar surface area (TPSA) is 57.6 Å². The van der Waals surface area contributed by atoms with Gasteiger partial charge in [0, 0.05) is 12.8 Å². The fourth-order valence-electron chi connectivity index (χ4n) is 1.91. The van der Waals surface area contributed by atoms with Gasteiger partial charge in [0.05, 0.1) is 10.7 Å². The van der Waals surface area contributed by atoms with E-state index in [4.69, 9.17) is 11.6 Å². The normalized spacial score (nSPS) is 17.6. The van der Waals surface area contributed by atoms with Crippen LogP contribution in [0.15, 0.2) is 18.2 Å². The van der Waals surface area contributed by atoms with Gasteiger partial charge in [-0.1, -0.05) is 18.5 Å². The molecule has 0 radical (unpaired) electrons. The average Bonchev–Trinajstić information content (AvgIpc) is 2.21. The maximum absolute atomic E-state index is 11.8. The quantitative estimate of drug-likeness (QED) is 0.782. The molecule has 0 bridgehead atoms. The zero-order valence-electron chi connectivity index (χ0n) is 9.31. The van der Waals surface area contributed by atoms with Crippen LogP contribution in [0, 0.1) is 5.92 Å². The van der Waals surface area contributed by atoms with E-state index < -0.39 is 0 Å². The molecule has 4 nitrogen and oxygen atoms in total. The Labute approximate surface area is 104 Å². The van der Waals surface area contributed by atoms with Crippen LogP contribution in [-0.2, 0) is 9.59 Å². The number of carbonyl (C=O) groups excluding carboxylic acids is 2. The van der Waals surface area contributed by atoms with Crippen molar-refractivity contribution in [1.82, 2.24) is 0 Å². The summed E-state index contributed by atoms with van der Waals surface area (Å²) in [5.74, 6) is -0.439. The molecule has 0 aliphatic carbocycles. The summed E-state index contributed by atoms with van der Waals surface area (Å²) in [6, 6.07) is 4.30. The van der Waals surface area contributed by atoms with Crippen molar-refractivity contribution in [2.45, 2.75) is 19.8 Å². The first kappa shape index (κ1) is 11.9. The number of aromatic hydroxyl groups is 1. The number of nitrogens with zero attached hydrogens (tertiary/aromatic N) is 1. The first-order chi connectivity index (χ1) is 7.99. The number of hydrogen-bond donors (Lipinski definition) is 1. The van der Waals surface area contributed by atoms with Crippen molar-refractivity contribution in [1.29, 1.82) is 0 Å². The maximum atomic E-state index is 11.8. The number of anilines is 1. The summed E-state index contributed by atoms with van der Waals surface area (Å²) in [7, 11) is 0. The Balaban J connectivity index is 2.35. The van der Waals surface area contributed by atoms with Crippen LogP contribution in [0.1, 0.15) is 19.8 Å². The third kappa shape index (κ3) is 2.26. The Kier molecular flexibility index (Phi) is 3.07. The number of phenols is 1. The predicted molar refractivity (Wildman–Crippen MR) is 64.0 cm³/mol. The fraction of sp³-hybridized carbons (Fsp3) is 0.333. The lowest BCUT2D eigenvalue weighted by Gasteiger charge is -2.28. The van der Waals surface area contributed by atoms with E-state index in [-0.39, 0.29) is 28.5 Å². The third-order valence-corrected chi connectivity index (χ3v) is 3.04. The average molecular weight is 254 g/mol. The van der Waals surface area contributed by atoms with Crippen molar-refractivity contribution in [2.75, 3.05) is 4.90 Å². The molecule has 1 saturated heterocycles. The Morgan fingerprint density at radius 2 is 1.88 bits per heavy atom. The van der Waals surface area contributed by atoms with Crippen LogP contribution in [0.3, 0.4) is 0 Å². The highest BCUT2D eigenvalue weighted by atomic mass is 35.5. The number of benzene rings is 1. The third-order valence-electron chi connectivity index (χ3n) is 2.73. The number of rotatable bonds is 1. The molecule has 1 N–H and O–H groups in total. The predicted octanol–water partition coefficient (Wildman–Crippen LogP) is 2.34. The lowest BCUT2D eigenvalue weighted by Crippen LogP contribution is -2.42. The molecule has 0 atom stereocenters. The van der Waals surface area contributed by atoms with Gasteiger partial charge in [-0.15, -0.1) is 0 Å². The van der Waals surface area contributed by atoms with Gasteiger partial charge in [0.25, 0.3) is 0 Å². The van der Waals surface area contributed by atoms with Crippen molar-refractivity contribution < 1.29 is 14.7 Å². The highest BCUT2D eigenvalue weighted by molar-refractivity contribution is 6.32. The zero-order chi connectivity index (χ0) is 12.6. The molecule has 1 aromatic carbocycles. The Bertz CT molecular complexity index is 469. The number of hydrogen-bond acceptors (Lipinski definition) is 3. The molecule has 1 aromatic rings. The number of phenolic OH excluding ortho intramolecular Hbond substituents is 1. The van der Waals surface area contributed by atoms with E-state index in [2.05, 4.69) is 0 Å². The summed E-state index contributed by atoms with van der Waals surface area (Å²) >= 11 is 5.76. The zero-order valence-corrected chi connectivity index (χ0v) is 10.1. The smallest absolute Gasteiger partial charge is 0.234 e. The summed E-state index contributed by atoms with van der Waals surface area (Å²) in [4.78, 5) is 24.8. The number of halogens is 1. The second-order valence-electron chi connectivity index (χ2n) is 4.27. The molecular formula is C12H12ClNO3. The molecule has 0 unspecified atom stereocenters. The molecule has 2 rings (SSSR count). The maximum Gasteiger partial charge on any atom is 0.234 e.